The van der Waals surface area contributed by atoms with Gasteiger partial charge in [0.05, 0.1) is 13.0 Å². The lowest BCUT2D eigenvalue weighted by Crippen LogP contribution is -2.26. The van der Waals surface area contributed by atoms with Gasteiger partial charge < -0.3 is 5.73 Å². The average Bonchev–Trinajstić information content (AvgIpc) is 2.79. The molecule has 0 unspecified atom stereocenters. The van der Waals surface area contributed by atoms with Crippen molar-refractivity contribution in [1.82, 2.24) is 9.97 Å². The third-order valence-corrected chi connectivity index (χ3v) is 4.14. The fraction of sp³-hybridized carbons (Fsp3) is 0.267. The molecule has 5 nitrogen and oxygen atoms in total. The maximum atomic E-state index is 13.0. The highest BCUT2D eigenvalue weighted by Gasteiger charge is 2.31. The van der Waals surface area contributed by atoms with Crippen LogP contribution in [0.2, 0.25) is 0 Å². The number of carbonyl (C=O) groups is 1. The number of carbonyl (C=O) groups excluding carboxylic acids is 1. The molecule has 7 heteroatoms. The molecule has 1 aliphatic rings. The largest absolute Gasteiger partial charge is 0.383 e. The zero-order valence-electron chi connectivity index (χ0n) is 12.0. The molecule has 0 spiro atoms. The molecule has 22 heavy (non-hydrogen) atoms. The van der Waals surface area contributed by atoms with Crippen LogP contribution in [0.15, 0.2) is 29.4 Å². The number of halogens is 1. The van der Waals surface area contributed by atoms with Crippen LogP contribution in [0.3, 0.4) is 0 Å². The Kier molecular flexibility index (Phi) is 3.98. The summed E-state index contributed by atoms with van der Waals surface area (Å²) in [5.41, 5.74) is 7.46. The number of fused-ring (bicyclic) bond motifs is 1. The molecular formula is C15H15FN4OS. The van der Waals surface area contributed by atoms with Gasteiger partial charge in [0.2, 0.25) is 5.91 Å². The summed E-state index contributed by atoms with van der Waals surface area (Å²) >= 11 is 1.48. The molecule has 0 saturated carbocycles. The fourth-order valence-electron chi connectivity index (χ4n) is 2.35. The number of hydrogen-bond donors (Lipinski definition) is 1. The molecule has 0 saturated heterocycles. The quantitative estimate of drug-likeness (QED) is 0.692. The molecule has 1 aliphatic heterocycles. The van der Waals surface area contributed by atoms with E-state index < -0.39 is 0 Å². The van der Waals surface area contributed by atoms with Crippen molar-refractivity contribution >= 4 is 29.3 Å². The van der Waals surface area contributed by atoms with Gasteiger partial charge in [0.1, 0.15) is 17.5 Å². The monoisotopic (exact) mass is 318 g/mol. The lowest BCUT2D eigenvalue weighted by molar-refractivity contribution is -0.117. The summed E-state index contributed by atoms with van der Waals surface area (Å²) in [5.74, 6) is 1.38. The van der Waals surface area contributed by atoms with Crippen molar-refractivity contribution in [3.05, 3.63) is 41.2 Å². The Labute approximate surface area is 131 Å². The number of benzene rings is 1. The molecule has 2 N–H and O–H groups in total. The third kappa shape index (κ3) is 2.76. The predicted octanol–water partition coefficient (Wildman–Crippen LogP) is 2.40. The van der Waals surface area contributed by atoms with Crippen molar-refractivity contribution in [2.24, 2.45) is 0 Å². The minimum Gasteiger partial charge on any atom is -0.383 e. The van der Waals surface area contributed by atoms with Crippen LogP contribution >= 0.6 is 11.8 Å². The van der Waals surface area contributed by atoms with Crippen LogP contribution in [0.4, 0.5) is 16.0 Å². The van der Waals surface area contributed by atoms with E-state index in [1.807, 2.05) is 6.92 Å². The smallest absolute Gasteiger partial charge is 0.233 e. The maximum Gasteiger partial charge on any atom is 0.233 e. The van der Waals surface area contributed by atoms with Crippen LogP contribution < -0.4 is 10.6 Å². The second-order valence-corrected chi connectivity index (χ2v) is 6.14. The first-order valence-corrected chi connectivity index (χ1v) is 7.91. The molecule has 1 amide bonds. The molecule has 1 aromatic heterocycles. The van der Waals surface area contributed by atoms with Gasteiger partial charge >= 0.3 is 0 Å². The van der Waals surface area contributed by atoms with E-state index >= 15 is 0 Å². The number of nitrogens with zero attached hydrogens (tertiary/aromatic N) is 3. The Bertz CT molecular complexity index is 720. The van der Waals surface area contributed by atoms with Gasteiger partial charge in [-0.2, -0.15) is 0 Å². The van der Waals surface area contributed by atoms with Crippen molar-refractivity contribution < 1.29 is 9.18 Å². The molecule has 1 aromatic carbocycles. The molecule has 0 fully saturated rings. The highest BCUT2D eigenvalue weighted by molar-refractivity contribution is 7.99. The Morgan fingerprint density at radius 2 is 2.05 bits per heavy atom. The molecular weight excluding hydrogens is 303 g/mol. The molecule has 0 aliphatic carbocycles. The van der Waals surface area contributed by atoms with E-state index in [1.165, 1.54) is 23.9 Å². The molecule has 0 atom stereocenters. The second kappa shape index (κ2) is 5.92. The minimum atomic E-state index is -0.301. The standard InChI is InChI=1S/C15H15FN4OS/c1-2-22-15-18-13(17)11-7-12(21)20(14(11)19-15)8-9-3-5-10(16)6-4-9/h3-6H,2,7-8H2,1H3,(H2,17,18,19). The lowest BCUT2D eigenvalue weighted by atomic mass is 10.2. The molecule has 2 aromatic rings. The molecule has 3 rings (SSSR count). The average molecular weight is 318 g/mol. The predicted molar refractivity (Wildman–Crippen MR) is 84.1 cm³/mol. The van der Waals surface area contributed by atoms with Gasteiger partial charge in [-0.3, -0.25) is 9.69 Å². The van der Waals surface area contributed by atoms with Crippen LogP contribution in [0.1, 0.15) is 18.1 Å². The number of aromatic nitrogens is 2. The van der Waals surface area contributed by atoms with E-state index in [4.69, 9.17) is 5.73 Å². The van der Waals surface area contributed by atoms with Gasteiger partial charge in [0.15, 0.2) is 5.16 Å². The highest BCUT2D eigenvalue weighted by atomic mass is 32.2. The van der Waals surface area contributed by atoms with E-state index in [1.54, 1.807) is 17.0 Å². The first kappa shape index (κ1) is 14.8. The summed E-state index contributed by atoms with van der Waals surface area (Å²) in [4.78, 5) is 22.5. The number of nitrogen functional groups attached to an aromatic ring is 1. The second-order valence-electron chi connectivity index (χ2n) is 4.91. The van der Waals surface area contributed by atoms with Crippen molar-refractivity contribution in [1.29, 1.82) is 0 Å². The number of amides is 1. The van der Waals surface area contributed by atoms with Crippen LogP contribution in [0.25, 0.3) is 0 Å². The summed E-state index contributed by atoms with van der Waals surface area (Å²) in [7, 11) is 0. The van der Waals surface area contributed by atoms with Crippen molar-refractivity contribution in [2.45, 2.75) is 25.0 Å². The number of thioether (sulfide) groups is 1. The van der Waals surface area contributed by atoms with Crippen LogP contribution in [-0.4, -0.2) is 21.6 Å². The van der Waals surface area contributed by atoms with Gasteiger partial charge in [0.25, 0.3) is 0 Å². The fourth-order valence-corrected chi connectivity index (χ4v) is 2.93. The number of anilines is 2. The molecule has 0 bridgehead atoms. The number of hydrogen-bond acceptors (Lipinski definition) is 5. The van der Waals surface area contributed by atoms with E-state index in [9.17, 15) is 9.18 Å². The summed E-state index contributed by atoms with van der Waals surface area (Å²) < 4.78 is 13.0. The van der Waals surface area contributed by atoms with E-state index in [2.05, 4.69) is 9.97 Å². The van der Waals surface area contributed by atoms with Crippen LogP contribution in [0.5, 0.6) is 0 Å². The summed E-state index contributed by atoms with van der Waals surface area (Å²) in [6.45, 7) is 2.34. The van der Waals surface area contributed by atoms with Gasteiger partial charge in [-0.25, -0.2) is 14.4 Å². The minimum absolute atomic E-state index is 0.0704. The maximum absolute atomic E-state index is 13.0. The lowest BCUT2D eigenvalue weighted by Gasteiger charge is -2.17. The summed E-state index contributed by atoms with van der Waals surface area (Å²) in [6, 6.07) is 6.08. The Morgan fingerprint density at radius 1 is 1.32 bits per heavy atom. The molecule has 114 valence electrons. The van der Waals surface area contributed by atoms with Gasteiger partial charge in [-0.1, -0.05) is 30.8 Å². The normalized spacial score (nSPS) is 13.5. The summed E-state index contributed by atoms with van der Waals surface area (Å²) in [5, 5.41) is 0.567. The van der Waals surface area contributed by atoms with Crippen LogP contribution in [-0.2, 0) is 17.8 Å². The summed E-state index contributed by atoms with van der Waals surface area (Å²) in [6.07, 6.45) is 0.208. The first-order chi connectivity index (χ1) is 10.6. The Hall–Kier alpha value is -2.15. The Morgan fingerprint density at radius 3 is 2.73 bits per heavy atom. The highest BCUT2D eigenvalue weighted by Crippen LogP contribution is 2.33. The zero-order chi connectivity index (χ0) is 15.7. The molecule has 2 heterocycles. The number of rotatable bonds is 4. The van der Waals surface area contributed by atoms with E-state index in [0.717, 1.165) is 11.3 Å². The van der Waals surface area contributed by atoms with E-state index in [-0.39, 0.29) is 18.1 Å². The molecule has 0 radical (unpaired) electrons. The van der Waals surface area contributed by atoms with E-state index in [0.29, 0.717) is 28.9 Å². The number of nitrogens with two attached hydrogens (primary N) is 1. The van der Waals surface area contributed by atoms with Crippen molar-refractivity contribution in [3.8, 4) is 0 Å². The SMILES string of the molecule is CCSc1nc(N)c2c(n1)N(Cc1ccc(F)cc1)C(=O)C2. The van der Waals surface area contributed by atoms with Crippen molar-refractivity contribution in [3.63, 3.8) is 0 Å². The van der Waals surface area contributed by atoms with Gasteiger partial charge in [-0.05, 0) is 23.4 Å². The Balaban J connectivity index is 1.94. The third-order valence-electron chi connectivity index (χ3n) is 3.41. The van der Waals surface area contributed by atoms with Crippen molar-refractivity contribution in [2.75, 3.05) is 16.4 Å². The van der Waals surface area contributed by atoms with Gasteiger partial charge in [-0.15, -0.1) is 0 Å². The first-order valence-electron chi connectivity index (χ1n) is 6.92. The van der Waals surface area contributed by atoms with Crippen LogP contribution in [0, 0.1) is 5.82 Å². The van der Waals surface area contributed by atoms with Gasteiger partial charge in [0, 0.05) is 5.56 Å². The zero-order valence-corrected chi connectivity index (χ0v) is 12.9. The topological polar surface area (TPSA) is 72.1 Å².